The van der Waals surface area contributed by atoms with Crippen LogP contribution in [0.4, 0.5) is 0 Å². The van der Waals surface area contributed by atoms with Crippen molar-refractivity contribution in [2.24, 2.45) is 0 Å². The van der Waals surface area contributed by atoms with Crippen molar-refractivity contribution in [2.45, 2.75) is 11.8 Å². The lowest BCUT2D eigenvalue weighted by molar-refractivity contribution is -0.119. The Balaban J connectivity index is 1.75. The van der Waals surface area contributed by atoms with Gasteiger partial charge in [0.1, 0.15) is 5.75 Å². The van der Waals surface area contributed by atoms with E-state index in [1.54, 1.807) is 42.7 Å². The molecule has 0 saturated heterocycles. The summed E-state index contributed by atoms with van der Waals surface area (Å²) in [6.45, 7) is 0. The second-order valence-corrected chi connectivity index (χ2v) is 9.33. The van der Waals surface area contributed by atoms with E-state index in [2.05, 4.69) is 26.2 Å². The molecule has 1 unspecified atom stereocenters. The lowest BCUT2D eigenvalue weighted by Crippen LogP contribution is -2.34. The summed E-state index contributed by atoms with van der Waals surface area (Å²) < 4.78 is 25.8. The second-order valence-electron chi connectivity index (χ2n) is 6.35. The Bertz CT molecular complexity index is 1000. The molecule has 3 rings (SSSR count). The highest BCUT2D eigenvalue weighted by molar-refractivity contribution is 9.10. The number of hydrogen-bond donors (Lipinski definition) is 1. The first-order valence-corrected chi connectivity index (χ1v) is 11.2. The molecule has 1 aromatic heterocycles. The van der Waals surface area contributed by atoms with E-state index in [-0.39, 0.29) is 5.75 Å². The lowest BCUT2D eigenvalue weighted by Gasteiger charge is -2.19. The van der Waals surface area contributed by atoms with Crippen LogP contribution in [-0.4, -0.2) is 25.1 Å². The van der Waals surface area contributed by atoms with Crippen LogP contribution in [0.5, 0.6) is 0 Å². The number of rotatable bonds is 7. The first kappa shape index (κ1) is 20.2. The largest absolute Gasteiger partial charge is 0.344 e. The number of halogens is 1. The summed E-state index contributed by atoms with van der Waals surface area (Å²) in [7, 11) is -3.61. The molecular weight excluding hydrogens is 440 g/mol. The summed E-state index contributed by atoms with van der Waals surface area (Å²) in [4.78, 5) is 16.6. The van der Waals surface area contributed by atoms with Crippen LogP contribution in [0.2, 0.25) is 0 Å². The number of carbonyl (C=O) groups excluding carboxylic acids is 1. The number of amides is 1. The Morgan fingerprint density at radius 2 is 1.64 bits per heavy atom. The number of carbonyl (C=O) groups is 1. The molecule has 144 valence electrons. The highest BCUT2D eigenvalue weighted by Crippen LogP contribution is 2.21. The highest BCUT2D eigenvalue weighted by atomic mass is 79.9. The van der Waals surface area contributed by atoms with Crippen molar-refractivity contribution < 1.29 is 13.2 Å². The summed E-state index contributed by atoms with van der Waals surface area (Å²) in [5.74, 6) is -1.31. The molecule has 28 heavy (non-hydrogen) atoms. The van der Waals surface area contributed by atoms with E-state index in [1.807, 2.05) is 36.4 Å². The minimum atomic E-state index is -3.61. The first-order valence-electron chi connectivity index (χ1n) is 8.62. The van der Waals surface area contributed by atoms with Gasteiger partial charge >= 0.3 is 0 Å². The average Bonchev–Trinajstić information content (AvgIpc) is 2.66. The molecule has 3 aromatic rings. The maximum absolute atomic E-state index is 12.6. The van der Waals surface area contributed by atoms with Gasteiger partial charge in [-0.05, 0) is 41.0 Å². The van der Waals surface area contributed by atoms with Crippen LogP contribution in [0.25, 0.3) is 0 Å². The number of nitrogens with zero attached hydrogens (tertiary/aromatic N) is 1. The second kappa shape index (κ2) is 9.12. The molecule has 0 aliphatic rings. The molecule has 0 bridgehead atoms. The summed E-state index contributed by atoms with van der Waals surface area (Å²) in [6.07, 6.45) is 3.28. The van der Waals surface area contributed by atoms with Crippen molar-refractivity contribution in [3.63, 3.8) is 0 Å². The van der Waals surface area contributed by atoms with Gasteiger partial charge in [-0.2, -0.15) is 0 Å². The Hall–Kier alpha value is -2.51. The molecule has 0 radical (unpaired) electrons. The summed E-state index contributed by atoms with van der Waals surface area (Å²) in [6, 6.07) is 19.6. The standard InChI is InChI=1S/C21H19BrN2O3S/c22-19-8-4-5-16(13-19)14-28(26,27)15-20(25)24-21(17-6-2-1-3-7-17)18-9-11-23-12-10-18/h1-13,21H,14-15H2,(H,24,25). The van der Waals surface area contributed by atoms with Crippen molar-refractivity contribution in [1.29, 1.82) is 0 Å². The molecule has 0 saturated carbocycles. The van der Waals surface area contributed by atoms with E-state index < -0.39 is 27.5 Å². The van der Waals surface area contributed by atoms with Crippen molar-refractivity contribution in [1.82, 2.24) is 10.3 Å². The minimum absolute atomic E-state index is 0.189. The first-order chi connectivity index (χ1) is 13.4. The van der Waals surface area contributed by atoms with Crippen molar-refractivity contribution in [3.05, 3.63) is 100 Å². The molecular formula is C21H19BrN2O3S. The number of pyridine rings is 1. The monoisotopic (exact) mass is 458 g/mol. The van der Waals surface area contributed by atoms with Crippen molar-refractivity contribution in [3.8, 4) is 0 Å². The third-order valence-corrected chi connectivity index (χ3v) is 6.07. The molecule has 1 amide bonds. The van der Waals surface area contributed by atoms with Gasteiger partial charge in [0, 0.05) is 16.9 Å². The van der Waals surface area contributed by atoms with Crippen LogP contribution >= 0.6 is 15.9 Å². The van der Waals surface area contributed by atoms with Crippen LogP contribution < -0.4 is 5.32 Å². The van der Waals surface area contributed by atoms with Crippen LogP contribution in [0.3, 0.4) is 0 Å². The van der Waals surface area contributed by atoms with Crippen molar-refractivity contribution in [2.75, 3.05) is 5.75 Å². The van der Waals surface area contributed by atoms with E-state index in [0.29, 0.717) is 5.56 Å². The minimum Gasteiger partial charge on any atom is -0.344 e. The van der Waals surface area contributed by atoms with Crippen LogP contribution in [0.15, 0.2) is 83.6 Å². The fourth-order valence-electron chi connectivity index (χ4n) is 2.89. The van der Waals surface area contributed by atoms with E-state index in [1.165, 1.54) is 0 Å². The average molecular weight is 459 g/mol. The summed E-state index contributed by atoms with van der Waals surface area (Å²) in [5.41, 5.74) is 2.33. The maximum Gasteiger partial charge on any atom is 0.235 e. The maximum atomic E-state index is 12.6. The molecule has 1 heterocycles. The predicted molar refractivity (Wildman–Crippen MR) is 112 cm³/mol. The number of sulfone groups is 1. The normalized spacial score (nSPS) is 12.3. The molecule has 0 fully saturated rings. The molecule has 1 atom stereocenters. The fraction of sp³-hybridized carbons (Fsp3) is 0.143. The van der Waals surface area contributed by atoms with Crippen molar-refractivity contribution >= 4 is 31.7 Å². The molecule has 1 N–H and O–H groups in total. The van der Waals surface area contributed by atoms with Gasteiger partial charge in [0.15, 0.2) is 9.84 Å². The number of benzene rings is 2. The topological polar surface area (TPSA) is 76.1 Å². The molecule has 0 aliphatic carbocycles. The van der Waals surface area contributed by atoms with Crippen LogP contribution in [-0.2, 0) is 20.4 Å². The third-order valence-electron chi connectivity index (χ3n) is 4.10. The van der Waals surface area contributed by atoms with E-state index >= 15 is 0 Å². The number of aromatic nitrogens is 1. The third kappa shape index (κ3) is 5.74. The van der Waals surface area contributed by atoms with Gasteiger partial charge in [-0.1, -0.05) is 58.4 Å². The van der Waals surface area contributed by atoms with Gasteiger partial charge in [-0.15, -0.1) is 0 Å². The van der Waals surface area contributed by atoms with Gasteiger partial charge in [-0.25, -0.2) is 8.42 Å². The molecule has 2 aromatic carbocycles. The van der Waals surface area contributed by atoms with Gasteiger partial charge in [0.05, 0.1) is 11.8 Å². The lowest BCUT2D eigenvalue weighted by atomic mass is 10.00. The Morgan fingerprint density at radius 1 is 0.964 bits per heavy atom. The number of nitrogens with one attached hydrogen (secondary N) is 1. The predicted octanol–water partition coefficient (Wildman–Crippen LogP) is 3.66. The summed E-state index contributed by atoms with van der Waals surface area (Å²) >= 11 is 3.33. The molecule has 0 aliphatic heterocycles. The van der Waals surface area contributed by atoms with E-state index in [0.717, 1.165) is 15.6 Å². The van der Waals surface area contributed by atoms with Crippen LogP contribution in [0, 0.1) is 0 Å². The SMILES string of the molecule is O=C(CS(=O)(=O)Cc1cccc(Br)c1)NC(c1ccccc1)c1ccncc1. The van der Waals surface area contributed by atoms with Gasteiger partial charge in [0.25, 0.3) is 0 Å². The zero-order valence-electron chi connectivity index (χ0n) is 15.0. The van der Waals surface area contributed by atoms with E-state index in [9.17, 15) is 13.2 Å². The van der Waals surface area contributed by atoms with Gasteiger partial charge < -0.3 is 5.32 Å². The highest BCUT2D eigenvalue weighted by Gasteiger charge is 2.22. The van der Waals surface area contributed by atoms with Crippen LogP contribution in [0.1, 0.15) is 22.7 Å². The Morgan fingerprint density at radius 3 is 2.32 bits per heavy atom. The molecule has 5 nitrogen and oxygen atoms in total. The zero-order chi connectivity index (χ0) is 20.0. The molecule has 7 heteroatoms. The zero-order valence-corrected chi connectivity index (χ0v) is 17.4. The Labute approximate surface area is 172 Å². The van der Waals surface area contributed by atoms with Gasteiger partial charge in [-0.3, -0.25) is 9.78 Å². The van der Waals surface area contributed by atoms with Gasteiger partial charge in [0.2, 0.25) is 5.91 Å². The summed E-state index contributed by atoms with van der Waals surface area (Å²) in [5, 5.41) is 2.85. The molecule has 0 spiro atoms. The smallest absolute Gasteiger partial charge is 0.235 e. The quantitative estimate of drug-likeness (QED) is 0.585. The Kier molecular flexibility index (Phi) is 6.59. The fourth-order valence-corrected chi connectivity index (χ4v) is 4.61. The van der Waals surface area contributed by atoms with E-state index in [4.69, 9.17) is 0 Å². The number of hydrogen-bond acceptors (Lipinski definition) is 4.